The van der Waals surface area contributed by atoms with E-state index in [2.05, 4.69) is 0 Å². The first-order chi connectivity index (χ1) is 4.04. The van der Waals surface area contributed by atoms with Crippen molar-refractivity contribution in [3.63, 3.8) is 0 Å². The highest BCUT2D eigenvalue weighted by Crippen LogP contribution is 2.34. The van der Waals surface area contributed by atoms with Crippen molar-refractivity contribution in [2.24, 2.45) is 5.73 Å². The molecule has 0 aliphatic heterocycles. The maximum Gasteiger partial charge on any atom is 0.341 e. The van der Waals surface area contributed by atoms with Crippen LogP contribution in [0.2, 0.25) is 0 Å². The van der Waals surface area contributed by atoms with E-state index in [9.17, 15) is 9.18 Å². The summed E-state index contributed by atoms with van der Waals surface area (Å²) in [7, 11) is 0. The van der Waals surface area contributed by atoms with Crippen molar-refractivity contribution in [2.75, 3.05) is 0 Å². The first-order valence-electron chi connectivity index (χ1n) is 2.72. The SMILES string of the molecule is NC1CC(F)(C(=O)O)C1. The fourth-order valence-electron chi connectivity index (χ4n) is 0.946. The number of hydrogen-bond donors (Lipinski definition) is 2. The molecule has 4 heteroatoms. The molecule has 0 aromatic carbocycles. The fourth-order valence-corrected chi connectivity index (χ4v) is 0.946. The zero-order valence-corrected chi connectivity index (χ0v) is 4.80. The molecule has 1 saturated carbocycles. The molecule has 0 amide bonds. The fraction of sp³-hybridized carbons (Fsp3) is 0.800. The van der Waals surface area contributed by atoms with Gasteiger partial charge in [-0.25, -0.2) is 9.18 Å². The highest BCUT2D eigenvalue weighted by Gasteiger charge is 2.49. The average molecular weight is 133 g/mol. The van der Waals surface area contributed by atoms with Gasteiger partial charge < -0.3 is 10.8 Å². The van der Waals surface area contributed by atoms with Crippen LogP contribution in [0.5, 0.6) is 0 Å². The van der Waals surface area contributed by atoms with Crippen molar-refractivity contribution < 1.29 is 14.3 Å². The van der Waals surface area contributed by atoms with Crippen molar-refractivity contribution in [2.45, 2.75) is 24.6 Å². The van der Waals surface area contributed by atoms with E-state index in [1.165, 1.54) is 0 Å². The minimum absolute atomic E-state index is 0.0394. The molecule has 1 aliphatic rings. The van der Waals surface area contributed by atoms with E-state index in [0.717, 1.165) is 0 Å². The van der Waals surface area contributed by atoms with Gasteiger partial charge in [0.2, 0.25) is 5.67 Å². The Hall–Kier alpha value is -0.640. The van der Waals surface area contributed by atoms with E-state index in [1.807, 2.05) is 0 Å². The highest BCUT2D eigenvalue weighted by atomic mass is 19.1. The number of carboxylic acid groups (broad SMARTS) is 1. The van der Waals surface area contributed by atoms with E-state index >= 15 is 0 Å². The van der Waals surface area contributed by atoms with Gasteiger partial charge in [-0.2, -0.15) is 0 Å². The smallest absolute Gasteiger partial charge is 0.341 e. The summed E-state index contributed by atoms with van der Waals surface area (Å²) in [5, 5.41) is 8.18. The van der Waals surface area contributed by atoms with Crippen LogP contribution in [-0.2, 0) is 4.79 Å². The molecule has 0 heterocycles. The lowest BCUT2D eigenvalue weighted by Gasteiger charge is -2.35. The van der Waals surface area contributed by atoms with Gasteiger partial charge in [0.05, 0.1) is 0 Å². The van der Waals surface area contributed by atoms with E-state index < -0.39 is 11.6 Å². The lowest BCUT2D eigenvalue weighted by molar-refractivity contribution is -0.158. The van der Waals surface area contributed by atoms with Crippen LogP contribution in [-0.4, -0.2) is 22.8 Å². The Kier molecular flexibility index (Phi) is 1.20. The largest absolute Gasteiger partial charge is 0.479 e. The molecule has 0 aromatic heterocycles. The Morgan fingerprint density at radius 3 is 2.33 bits per heavy atom. The van der Waals surface area contributed by atoms with Crippen molar-refractivity contribution in [1.82, 2.24) is 0 Å². The van der Waals surface area contributed by atoms with Gasteiger partial charge in [-0.3, -0.25) is 0 Å². The number of alkyl halides is 1. The number of halogens is 1. The molecule has 0 radical (unpaired) electrons. The summed E-state index contributed by atoms with van der Waals surface area (Å²) in [6.45, 7) is 0. The van der Waals surface area contributed by atoms with Gasteiger partial charge in [0.1, 0.15) is 0 Å². The Labute approximate surface area is 51.7 Å². The predicted octanol–water partition coefficient (Wildman–Crippen LogP) is -0.0996. The lowest BCUT2D eigenvalue weighted by atomic mass is 9.78. The van der Waals surface area contributed by atoms with Gasteiger partial charge in [-0.15, -0.1) is 0 Å². The van der Waals surface area contributed by atoms with Crippen molar-refractivity contribution >= 4 is 5.97 Å². The molecule has 1 aliphatic carbocycles. The second kappa shape index (κ2) is 1.67. The third-order valence-electron chi connectivity index (χ3n) is 1.55. The van der Waals surface area contributed by atoms with Crippen LogP contribution in [0.1, 0.15) is 12.8 Å². The maximum absolute atomic E-state index is 12.6. The molecule has 9 heavy (non-hydrogen) atoms. The molecule has 1 rings (SSSR count). The third kappa shape index (κ3) is 0.896. The molecule has 0 unspecified atom stereocenters. The number of hydrogen-bond acceptors (Lipinski definition) is 2. The predicted molar refractivity (Wildman–Crippen MR) is 28.7 cm³/mol. The van der Waals surface area contributed by atoms with Crippen molar-refractivity contribution in [1.29, 1.82) is 0 Å². The summed E-state index contributed by atoms with van der Waals surface area (Å²) >= 11 is 0. The van der Waals surface area contributed by atoms with Crippen LogP contribution < -0.4 is 5.73 Å². The second-order valence-electron chi connectivity index (χ2n) is 2.44. The molecular weight excluding hydrogens is 125 g/mol. The van der Waals surface area contributed by atoms with E-state index in [1.54, 1.807) is 0 Å². The van der Waals surface area contributed by atoms with Gasteiger partial charge in [0, 0.05) is 18.9 Å². The second-order valence-corrected chi connectivity index (χ2v) is 2.44. The Morgan fingerprint density at radius 2 is 2.22 bits per heavy atom. The van der Waals surface area contributed by atoms with Crippen LogP contribution in [0.25, 0.3) is 0 Å². The number of aliphatic carboxylic acids is 1. The topological polar surface area (TPSA) is 63.3 Å². The van der Waals surface area contributed by atoms with E-state index in [-0.39, 0.29) is 18.9 Å². The quantitative estimate of drug-likeness (QED) is 0.525. The normalized spacial score (nSPS) is 41.8. The molecule has 3 N–H and O–H groups in total. The van der Waals surface area contributed by atoms with Gasteiger partial charge in [0.15, 0.2) is 0 Å². The van der Waals surface area contributed by atoms with Crippen molar-refractivity contribution in [3.8, 4) is 0 Å². The number of carbonyl (C=O) groups is 1. The number of rotatable bonds is 1. The number of carboxylic acids is 1. The monoisotopic (exact) mass is 133 g/mol. The molecule has 0 aromatic rings. The first-order valence-corrected chi connectivity index (χ1v) is 2.72. The Morgan fingerprint density at radius 1 is 1.78 bits per heavy atom. The average Bonchev–Trinajstić information content (AvgIpc) is 1.62. The molecule has 0 bridgehead atoms. The molecule has 0 saturated heterocycles. The third-order valence-corrected chi connectivity index (χ3v) is 1.55. The summed E-state index contributed by atoms with van der Waals surface area (Å²) in [6.07, 6.45) is -0.0787. The summed E-state index contributed by atoms with van der Waals surface area (Å²) in [6, 6.07) is -0.258. The lowest BCUT2D eigenvalue weighted by Crippen LogP contribution is -2.53. The molecule has 0 spiro atoms. The number of nitrogens with two attached hydrogens (primary N) is 1. The Bertz CT molecular complexity index is 142. The van der Waals surface area contributed by atoms with Gasteiger partial charge in [0.25, 0.3) is 0 Å². The zero-order valence-electron chi connectivity index (χ0n) is 4.80. The molecule has 1 fully saturated rings. The van der Waals surface area contributed by atoms with Gasteiger partial charge >= 0.3 is 5.97 Å². The molecular formula is C5H8FNO2. The Balaban J connectivity index is 2.50. The van der Waals surface area contributed by atoms with E-state index in [4.69, 9.17) is 10.8 Å². The van der Waals surface area contributed by atoms with Crippen LogP contribution in [0, 0.1) is 0 Å². The summed E-state index contributed by atoms with van der Waals surface area (Å²) in [5.74, 6) is -1.38. The van der Waals surface area contributed by atoms with Gasteiger partial charge in [-0.05, 0) is 0 Å². The molecule has 52 valence electrons. The van der Waals surface area contributed by atoms with Gasteiger partial charge in [-0.1, -0.05) is 0 Å². The highest BCUT2D eigenvalue weighted by molar-refractivity contribution is 5.78. The standard InChI is InChI=1S/C5H8FNO2/c6-5(4(8)9)1-3(7)2-5/h3H,1-2,7H2,(H,8,9). The summed E-state index contributed by atoms with van der Waals surface area (Å²) < 4.78 is 12.6. The maximum atomic E-state index is 12.6. The zero-order chi connectivity index (χ0) is 7.07. The van der Waals surface area contributed by atoms with Crippen LogP contribution in [0.4, 0.5) is 4.39 Å². The van der Waals surface area contributed by atoms with Crippen LogP contribution in [0.3, 0.4) is 0 Å². The van der Waals surface area contributed by atoms with E-state index in [0.29, 0.717) is 0 Å². The van der Waals surface area contributed by atoms with Crippen molar-refractivity contribution in [3.05, 3.63) is 0 Å². The molecule has 0 atom stereocenters. The van der Waals surface area contributed by atoms with Crippen LogP contribution >= 0.6 is 0 Å². The van der Waals surface area contributed by atoms with Crippen LogP contribution in [0.15, 0.2) is 0 Å². The minimum atomic E-state index is -2.01. The summed E-state index contributed by atoms with van der Waals surface area (Å²) in [4.78, 5) is 10.0. The molecule has 3 nitrogen and oxygen atoms in total. The first kappa shape index (κ1) is 6.48. The minimum Gasteiger partial charge on any atom is -0.479 e. The summed E-state index contributed by atoms with van der Waals surface area (Å²) in [5.41, 5.74) is 3.17.